The first-order valence-electron chi connectivity index (χ1n) is 6.74. The van der Waals surface area contributed by atoms with Gasteiger partial charge in [0.25, 0.3) is 0 Å². The van der Waals surface area contributed by atoms with Crippen LogP contribution in [0, 0.1) is 0 Å². The quantitative estimate of drug-likeness (QED) is 0.506. The lowest BCUT2D eigenvalue weighted by Crippen LogP contribution is -2.30. The fraction of sp³-hybridized carbons (Fsp3) is 0.500. The van der Waals surface area contributed by atoms with E-state index in [1.54, 1.807) is 0 Å². The average Bonchev–Trinajstić information content (AvgIpc) is 2.39. The van der Waals surface area contributed by atoms with Gasteiger partial charge in [-0.3, -0.25) is 0 Å². The molecule has 0 aliphatic heterocycles. The third-order valence-electron chi connectivity index (χ3n) is 2.74. The van der Waals surface area contributed by atoms with Crippen LogP contribution in [-0.4, -0.2) is 18.8 Å². The number of allylic oxidation sites excluding steroid dienone is 1. The van der Waals surface area contributed by atoms with E-state index >= 15 is 0 Å². The van der Waals surface area contributed by atoms with Gasteiger partial charge in [-0.15, -0.1) is 0 Å². The number of hydrogen-bond acceptors (Lipinski definition) is 2. The van der Waals surface area contributed by atoms with Gasteiger partial charge in [-0.2, -0.15) is 0 Å². The zero-order valence-electron chi connectivity index (χ0n) is 11.6. The van der Waals surface area contributed by atoms with Crippen molar-refractivity contribution in [3.05, 3.63) is 42.5 Å². The van der Waals surface area contributed by atoms with Crippen molar-refractivity contribution in [2.45, 2.75) is 45.8 Å². The Balaban J connectivity index is 2.53. The van der Waals surface area contributed by atoms with Gasteiger partial charge < -0.3 is 9.47 Å². The van der Waals surface area contributed by atoms with Gasteiger partial charge in [0, 0.05) is 6.61 Å². The third-order valence-corrected chi connectivity index (χ3v) is 2.74. The Labute approximate surface area is 111 Å². The number of hydrogen-bond donors (Lipinski definition) is 0. The molecule has 0 bridgehead atoms. The van der Waals surface area contributed by atoms with Gasteiger partial charge in [-0.1, -0.05) is 37.6 Å². The second-order valence-corrected chi connectivity index (χ2v) is 4.35. The summed E-state index contributed by atoms with van der Waals surface area (Å²) in [5, 5.41) is 0. The highest BCUT2D eigenvalue weighted by Crippen LogP contribution is 2.15. The van der Waals surface area contributed by atoms with Crippen LogP contribution in [-0.2, 0) is 4.74 Å². The van der Waals surface area contributed by atoms with Crippen molar-refractivity contribution in [3.8, 4) is 5.75 Å². The molecule has 0 aromatic heterocycles. The first kappa shape index (κ1) is 14.8. The highest BCUT2D eigenvalue weighted by molar-refractivity contribution is 5.22. The second kappa shape index (κ2) is 8.76. The number of unbranched alkanes of at least 4 members (excludes halogenated alkanes) is 1. The lowest BCUT2D eigenvalue weighted by Gasteiger charge is -2.22. The van der Waals surface area contributed by atoms with E-state index in [2.05, 4.69) is 13.8 Å². The minimum atomic E-state index is -0.0331. The smallest absolute Gasteiger partial charge is 0.143 e. The van der Waals surface area contributed by atoms with Gasteiger partial charge in [-0.05, 0) is 38.5 Å². The molecule has 2 atom stereocenters. The van der Waals surface area contributed by atoms with Crippen molar-refractivity contribution in [1.29, 1.82) is 0 Å². The number of para-hydroxylation sites is 1. The van der Waals surface area contributed by atoms with Crippen LogP contribution in [0.5, 0.6) is 5.75 Å². The maximum absolute atomic E-state index is 5.94. The normalized spacial score (nSPS) is 14.6. The Morgan fingerprint density at radius 1 is 1.22 bits per heavy atom. The molecule has 0 aliphatic carbocycles. The maximum atomic E-state index is 5.94. The Morgan fingerprint density at radius 3 is 2.56 bits per heavy atom. The summed E-state index contributed by atoms with van der Waals surface area (Å²) in [4.78, 5) is 0. The van der Waals surface area contributed by atoms with Crippen molar-refractivity contribution in [1.82, 2.24) is 0 Å². The zero-order chi connectivity index (χ0) is 13.2. The molecule has 0 saturated carbocycles. The van der Waals surface area contributed by atoms with Crippen LogP contribution in [0.25, 0.3) is 0 Å². The maximum Gasteiger partial charge on any atom is 0.143 e. The molecule has 0 amide bonds. The first-order valence-corrected chi connectivity index (χ1v) is 6.74. The molecule has 0 N–H and O–H groups in total. The molecule has 100 valence electrons. The van der Waals surface area contributed by atoms with Crippen LogP contribution in [0.4, 0.5) is 0 Å². The highest BCUT2D eigenvalue weighted by Gasteiger charge is 2.16. The minimum Gasteiger partial charge on any atom is -0.484 e. The van der Waals surface area contributed by atoms with Crippen molar-refractivity contribution in [2.24, 2.45) is 0 Å². The Kier molecular flexibility index (Phi) is 7.19. The predicted octanol–water partition coefficient (Wildman–Crippen LogP) is 4.22. The predicted molar refractivity (Wildman–Crippen MR) is 76.0 cm³/mol. The molecule has 0 saturated heterocycles. The first-order chi connectivity index (χ1) is 8.77. The largest absolute Gasteiger partial charge is 0.484 e. The Bertz CT molecular complexity index is 332. The molecular formula is C16H24O2. The van der Waals surface area contributed by atoms with Crippen LogP contribution < -0.4 is 4.74 Å². The highest BCUT2D eigenvalue weighted by atomic mass is 16.5. The van der Waals surface area contributed by atoms with Crippen molar-refractivity contribution in [3.63, 3.8) is 0 Å². The summed E-state index contributed by atoms with van der Waals surface area (Å²) in [6.07, 6.45) is 6.33. The molecule has 0 radical (unpaired) electrons. The van der Waals surface area contributed by atoms with E-state index in [4.69, 9.17) is 9.47 Å². The molecule has 2 heteroatoms. The molecule has 1 aromatic carbocycles. The lowest BCUT2D eigenvalue weighted by atomic mass is 10.2. The van der Waals surface area contributed by atoms with Gasteiger partial charge in [0.15, 0.2) is 0 Å². The molecular weight excluding hydrogens is 224 g/mol. The number of rotatable bonds is 8. The summed E-state index contributed by atoms with van der Waals surface area (Å²) in [7, 11) is 0. The summed E-state index contributed by atoms with van der Waals surface area (Å²) in [5.74, 6) is 0.881. The second-order valence-electron chi connectivity index (χ2n) is 4.35. The molecule has 0 spiro atoms. The van der Waals surface area contributed by atoms with E-state index in [-0.39, 0.29) is 12.2 Å². The van der Waals surface area contributed by atoms with Crippen LogP contribution in [0.2, 0.25) is 0 Å². The molecule has 1 aromatic rings. The van der Waals surface area contributed by atoms with Crippen molar-refractivity contribution >= 4 is 0 Å². The van der Waals surface area contributed by atoms with Crippen molar-refractivity contribution in [2.75, 3.05) is 6.61 Å². The molecule has 0 heterocycles. The lowest BCUT2D eigenvalue weighted by molar-refractivity contribution is 0.00284. The zero-order valence-corrected chi connectivity index (χ0v) is 11.6. The Hall–Kier alpha value is -1.28. The van der Waals surface area contributed by atoms with Gasteiger partial charge in [0.05, 0.1) is 6.10 Å². The molecule has 18 heavy (non-hydrogen) atoms. The van der Waals surface area contributed by atoms with E-state index in [0.29, 0.717) is 0 Å². The summed E-state index contributed by atoms with van der Waals surface area (Å²) < 4.78 is 11.7. The standard InChI is InChI=1S/C16H24O2/c1-4-6-13-17-14(3)16(10-5-2)18-15-11-8-7-9-12-15/h5,7-12,14,16H,4,6,13H2,1-3H3/b10-5+/t14-,16+/m0/s1. The number of benzene rings is 1. The topological polar surface area (TPSA) is 18.5 Å². The van der Waals surface area contributed by atoms with Crippen LogP contribution in [0.3, 0.4) is 0 Å². The third kappa shape index (κ3) is 5.37. The van der Waals surface area contributed by atoms with Crippen molar-refractivity contribution < 1.29 is 9.47 Å². The minimum absolute atomic E-state index is 0.0331. The van der Waals surface area contributed by atoms with Gasteiger partial charge >= 0.3 is 0 Å². The van der Waals surface area contributed by atoms with E-state index in [1.807, 2.05) is 49.4 Å². The Morgan fingerprint density at radius 2 is 1.94 bits per heavy atom. The summed E-state index contributed by atoms with van der Waals surface area (Å²) in [6, 6.07) is 9.87. The molecule has 2 nitrogen and oxygen atoms in total. The summed E-state index contributed by atoms with van der Waals surface area (Å²) in [6.45, 7) is 7.02. The van der Waals surface area contributed by atoms with Crippen LogP contribution in [0.15, 0.2) is 42.5 Å². The fourth-order valence-electron chi connectivity index (χ4n) is 1.65. The molecule has 1 rings (SSSR count). The van der Waals surface area contributed by atoms with Gasteiger partial charge in [0.2, 0.25) is 0 Å². The van der Waals surface area contributed by atoms with E-state index in [0.717, 1.165) is 25.2 Å². The van der Waals surface area contributed by atoms with E-state index < -0.39 is 0 Å². The average molecular weight is 248 g/mol. The summed E-state index contributed by atoms with van der Waals surface area (Å²) in [5.41, 5.74) is 0. The molecule has 0 aliphatic rings. The fourth-order valence-corrected chi connectivity index (χ4v) is 1.65. The van der Waals surface area contributed by atoms with Crippen LogP contribution in [0.1, 0.15) is 33.6 Å². The van der Waals surface area contributed by atoms with Crippen LogP contribution >= 0.6 is 0 Å². The van der Waals surface area contributed by atoms with Gasteiger partial charge in [0.1, 0.15) is 11.9 Å². The summed E-state index contributed by atoms with van der Waals surface area (Å²) >= 11 is 0. The molecule has 0 fully saturated rings. The monoisotopic (exact) mass is 248 g/mol. The SMILES string of the molecule is C/C=C/[C@@H](Oc1ccccc1)[C@H](C)OCCCC. The van der Waals surface area contributed by atoms with Gasteiger partial charge in [-0.25, -0.2) is 0 Å². The van der Waals surface area contributed by atoms with E-state index in [1.165, 1.54) is 0 Å². The van der Waals surface area contributed by atoms with E-state index in [9.17, 15) is 0 Å². The molecule has 0 unspecified atom stereocenters. The number of ether oxygens (including phenoxy) is 2.